The number of hydrogen-bond acceptors (Lipinski definition) is 7. The van der Waals surface area contributed by atoms with Crippen molar-refractivity contribution in [1.82, 2.24) is 15.1 Å². The molecule has 1 aromatic carbocycles. The number of benzene rings is 1. The number of pyridine rings is 1. The number of anilines is 1. The molecule has 29 heavy (non-hydrogen) atoms. The van der Waals surface area contributed by atoms with Crippen molar-refractivity contribution >= 4 is 5.82 Å². The first-order valence-corrected chi connectivity index (χ1v) is 10.0. The Morgan fingerprint density at radius 2 is 1.97 bits per heavy atom. The van der Waals surface area contributed by atoms with Crippen LogP contribution >= 0.6 is 0 Å². The van der Waals surface area contributed by atoms with Crippen LogP contribution in [0.5, 0.6) is 0 Å². The summed E-state index contributed by atoms with van der Waals surface area (Å²) in [5.41, 5.74) is 2.14. The second-order valence-electron chi connectivity index (χ2n) is 7.21. The molecule has 1 aliphatic rings. The zero-order valence-electron chi connectivity index (χ0n) is 16.7. The molecular formula is C22H26N4O3. The predicted molar refractivity (Wildman–Crippen MR) is 110 cm³/mol. The Balaban J connectivity index is 1.30. The van der Waals surface area contributed by atoms with E-state index in [1.165, 1.54) is 5.56 Å². The maximum absolute atomic E-state index is 5.70. The SMILES string of the molecule is CN(CC1COCCO1)c1ccc(-c2nc(CCCc3ccccc3)no2)cn1. The summed E-state index contributed by atoms with van der Waals surface area (Å²) in [5.74, 6) is 2.10. The molecule has 0 aliphatic carbocycles. The van der Waals surface area contributed by atoms with Gasteiger partial charge in [-0.25, -0.2) is 4.98 Å². The highest BCUT2D eigenvalue weighted by molar-refractivity contribution is 5.54. The van der Waals surface area contributed by atoms with Gasteiger partial charge in [0, 0.05) is 26.2 Å². The van der Waals surface area contributed by atoms with E-state index in [9.17, 15) is 0 Å². The monoisotopic (exact) mass is 394 g/mol. The van der Waals surface area contributed by atoms with Gasteiger partial charge in [0.25, 0.3) is 5.89 Å². The predicted octanol–water partition coefficient (Wildman–Crippen LogP) is 3.16. The van der Waals surface area contributed by atoms with Crippen molar-refractivity contribution in [2.75, 3.05) is 38.3 Å². The number of rotatable bonds is 8. The van der Waals surface area contributed by atoms with Crippen molar-refractivity contribution in [3.63, 3.8) is 0 Å². The lowest BCUT2D eigenvalue weighted by Gasteiger charge is -2.28. The van der Waals surface area contributed by atoms with E-state index in [1.807, 2.05) is 25.2 Å². The Labute approximate surface area is 170 Å². The molecular weight excluding hydrogens is 368 g/mol. The molecule has 1 fully saturated rings. The van der Waals surface area contributed by atoms with Crippen LogP contribution in [0.2, 0.25) is 0 Å². The number of likely N-dealkylation sites (N-methyl/N-ethyl adjacent to an activating group) is 1. The number of hydrogen-bond donors (Lipinski definition) is 0. The molecule has 7 heteroatoms. The van der Waals surface area contributed by atoms with Crippen molar-refractivity contribution in [1.29, 1.82) is 0 Å². The molecule has 0 spiro atoms. The summed E-state index contributed by atoms with van der Waals surface area (Å²) in [6, 6.07) is 14.3. The number of nitrogens with zero attached hydrogens (tertiary/aromatic N) is 4. The Hall–Kier alpha value is -2.77. The molecule has 1 unspecified atom stereocenters. The van der Waals surface area contributed by atoms with Crippen molar-refractivity contribution < 1.29 is 14.0 Å². The van der Waals surface area contributed by atoms with E-state index in [0.717, 1.165) is 43.0 Å². The molecule has 2 aromatic heterocycles. The summed E-state index contributed by atoms with van der Waals surface area (Å²) in [6.45, 7) is 2.68. The quantitative estimate of drug-likeness (QED) is 0.581. The highest BCUT2D eigenvalue weighted by Crippen LogP contribution is 2.20. The van der Waals surface area contributed by atoms with E-state index in [4.69, 9.17) is 14.0 Å². The van der Waals surface area contributed by atoms with E-state index in [0.29, 0.717) is 25.7 Å². The highest BCUT2D eigenvalue weighted by atomic mass is 16.6. The van der Waals surface area contributed by atoms with Gasteiger partial charge in [0.1, 0.15) is 5.82 Å². The van der Waals surface area contributed by atoms with Crippen LogP contribution in [0.4, 0.5) is 5.82 Å². The van der Waals surface area contributed by atoms with Crippen LogP contribution in [0.25, 0.3) is 11.5 Å². The summed E-state index contributed by atoms with van der Waals surface area (Å²) < 4.78 is 16.6. The molecule has 0 radical (unpaired) electrons. The van der Waals surface area contributed by atoms with E-state index in [1.54, 1.807) is 6.20 Å². The third-order valence-electron chi connectivity index (χ3n) is 4.93. The van der Waals surface area contributed by atoms with E-state index in [-0.39, 0.29) is 6.10 Å². The largest absolute Gasteiger partial charge is 0.376 e. The van der Waals surface area contributed by atoms with Gasteiger partial charge in [0.05, 0.1) is 31.5 Å². The molecule has 3 aromatic rings. The molecule has 7 nitrogen and oxygen atoms in total. The lowest BCUT2D eigenvalue weighted by molar-refractivity contribution is -0.0837. The normalized spacial score (nSPS) is 16.7. The van der Waals surface area contributed by atoms with Crippen molar-refractivity contribution in [3.8, 4) is 11.5 Å². The zero-order valence-corrected chi connectivity index (χ0v) is 16.7. The highest BCUT2D eigenvalue weighted by Gasteiger charge is 2.17. The van der Waals surface area contributed by atoms with Crippen molar-refractivity contribution in [3.05, 3.63) is 60.0 Å². The van der Waals surface area contributed by atoms with Gasteiger partial charge in [0.15, 0.2) is 5.82 Å². The summed E-state index contributed by atoms with van der Waals surface area (Å²) in [6.07, 6.45) is 4.62. The molecule has 1 atom stereocenters. The Kier molecular flexibility index (Phi) is 6.49. The van der Waals surface area contributed by atoms with Crippen LogP contribution in [0.3, 0.4) is 0 Å². The van der Waals surface area contributed by atoms with Gasteiger partial charge >= 0.3 is 0 Å². The second-order valence-corrected chi connectivity index (χ2v) is 7.21. The fourth-order valence-corrected chi connectivity index (χ4v) is 3.35. The second kappa shape index (κ2) is 9.62. The minimum absolute atomic E-state index is 0.0737. The number of aromatic nitrogens is 3. The maximum atomic E-state index is 5.70. The average Bonchev–Trinajstić information content (AvgIpc) is 3.24. The van der Waals surface area contributed by atoms with E-state index in [2.05, 4.69) is 44.3 Å². The summed E-state index contributed by atoms with van der Waals surface area (Å²) in [5, 5.41) is 4.10. The molecule has 1 saturated heterocycles. The van der Waals surface area contributed by atoms with Gasteiger partial charge in [-0.2, -0.15) is 4.98 Å². The Bertz CT molecular complexity index is 877. The first-order chi connectivity index (χ1) is 14.3. The van der Waals surface area contributed by atoms with Crippen molar-refractivity contribution in [2.24, 2.45) is 0 Å². The lowest BCUT2D eigenvalue weighted by Crippen LogP contribution is -2.38. The molecule has 0 bridgehead atoms. The van der Waals surface area contributed by atoms with E-state index >= 15 is 0 Å². The van der Waals surface area contributed by atoms with Gasteiger partial charge in [-0.3, -0.25) is 0 Å². The first kappa shape index (κ1) is 19.5. The smallest absolute Gasteiger partial charge is 0.259 e. The minimum atomic E-state index is 0.0737. The summed E-state index contributed by atoms with van der Waals surface area (Å²) in [4.78, 5) is 11.1. The fraction of sp³-hybridized carbons (Fsp3) is 0.409. The first-order valence-electron chi connectivity index (χ1n) is 10.0. The Morgan fingerprint density at radius 3 is 2.72 bits per heavy atom. The molecule has 0 amide bonds. The minimum Gasteiger partial charge on any atom is -0.376 e. The lowest BCUT2D eigenvalue weighted by atomic mass is 10.1. The number of ether oxygens (including phenoxy) is 2. The molecule has 0 N–H and O–H groups in total. The van der Waals surface area contributed by atoms with Crippen LogP contribution in [0.15, 0.2) is 53.2 Å². The van der Waals surface area contributed by atoms with Crippen LogP contribution in [0, 0.1) is 0 Å². The van der Waals surface area contributed by atoms with Gasteiger partial charge in [-0.05, 0) is 30.5 Å². The number of aryl methyl sites for hydroxylation is 2. The van der Waals surface area contributed by atoms with Crippen LogP contribution in [0.1, 0.15) is 17.8 Å². The fourth-order valence-electron chi connectivity index (χ4n) is 3.35. The van der Waals surface area contributed by atoms with Gasteiger partial charge in [-0.15, -0.1) is 0 Å². The van der Waals surface area contributed by atoms with E-state index < -0.39 is 0 Å². The molecule has 152 valence electrons. The van der Waals surface area contributed by atoms with Gasteiger partial charge in [-0.1, -0.05) is 35.5 Å². The third kappa shape index (κ3) is 5.40. The third-order valence-corrected chi connectivity index (χ3v) is 4.93. The zero-order chi connectivity index (χ0) is 19.9. The average molecular weight is 394 g/mol. The maximum Gasteiger partial charge on any atom is 0.259 e. The molecule has 3 heterocycles. The van der Waals surface area contributed by atoms with Gasteiger partial charge in [0.2, 0.25) is 0 Å². The molecule has 4 rings (SSSR count). The van der Waals surface area contributed by atoms with Crippen LogP contribution in [-0.2, 0) is 22.3 Å². The Morgan fingerprint density at radius 1 is 1.07 bits per heavy atom. The molecule has 0 saturated carbocycles. The standard InChI is InChI=1S/C22H26N4O3/c1-26(15-19-16-27-12-13-28-19)21-11-10-18(14-23-21)22-24-20(25-29-22)9-5-8-17-6-3-2-4-7-17/h2-4,6-7,10-11,14,19H,5,8-9,12-13,15-16H2,1H3. The summed E-state index contributed by atoms with van der Waals surface area (Å²) in [7, 11) is 2.00. The molecule has 1 aliphatic heterocycles. The van der Waals surface area contributed by atoms with Crippen LogP contribution < -0.4 is 4.90 Å². The van der Waals surface area contributed by atoms with Gasteiger partial charge < -0.3 is 18.9 Å². The summed E-state index contributed by atoms with van der Waals surface area (Å²) >= 11 is 0. The van der Waals surface area contributed by atoms with Crippen molar-refractivity contribution in [2.45, 2.75) is 25.4 Å². The topological polar surface area (TPSA) is 73.5 Å². The van der Waals surface area contributed by atoms with Crippen LogP contribution in [-0.4, -0.2) is 54.6 Å².